The van der Waals surface area contributed by atoms with Crippen molar-refractivity contribution in [2.75, 3.05) is 49.6 Å². The van der Waals surface area contributed by atoms with Crippen LogP contribution in [0.3, 0.4) is 0 Å². The number of alkyl halides is 1. The summed E-state index contributed by atoms with van der Waals surface area (Å²) in [4.78, 5) is 4.05. The van der Waals surface area contributed by atoms with Crippen molar-refractivity contribution in [3.63, 3.8) is 0 Å². The van der Waals surface area contributed by atoms with E-state index in [1.807, 2.05) is 30.3 Å². The summed E-state index contributed by atoms with van der Waals surface area (Å²) < 4.78 is 18.2. The topological polar surface area (TPSA) is 58.0 Å². The Labute approximate surface area is 200 Å². The first-order chi connectivity index (χ1) is 15.0. The Morgan fingerprint density at radius 2 is 1.87 bits per heavy atom. The average molecular weight is 527 g/mol. The first-order valence-electron chi connectivity index (χ1n) is 9.99. The summed E-state index contributed by atoms with van der Waals surface area (Å²) in [5.74, 6) is -0.200. The molecule has 2 atom stereocenters. The lowest BCUT2D eigenvalue weighted by Gasteiger charge is -2.33. The molecule has 0 bridgehead atoms. The Bertz CT molecular complexity index is 948. The molecule has 164 valence electrons. The van der Waals surface area contributed by atoms with E-state index in [1.54, 1.807) is 17.0 Å². The van der Waals surface area contributed by atoms with Gasteiger partial charge in [0, 0.05) is 42.5 Å². The fourth-order valence-electron chi connectivity index (χ4n) is 3.74. The standard InChI is InChI=1S/C22H22BrCl2N3O3/c23-14-22(20-6-1-16(24)11-21(20)25)30-13-19(31-22)12-29-18-4-2-17(3-5-18)28-9-7-27(15-26)8-10-28/h1-6,11,19H,7-10,12-14H2/t19-,22+/m1/s1. The number of hydrogen-bond acceptors (Lipinski definition) is 6. The van der Waals surface area contributed by atoms with Crippen molar-refractivity contribution in [1.29, 1.82) is 5.26 Å². The monoisotopic (exact) mass is 525 g/mol. The summed E-state index contributed by atoms with van der Waals surface area (Å²) in [5, 5.41) is 10.5. The van der Waals surface area contributed by atoms with Crippen LogP contribution in [0.1, 0.15) is 5.56 Å². The van der Waals surface area contributed by atoms with Crippen LogP contribution in [-0.2, 0) is 15.3 Å². The quantitative estimate of drug-likeness (QED) is 0.403. The molecular formula is C22H22BrCl2N3O3. The van der Waals surface area contributed by atoms with Crippen molar-refractivity contribution in [3.05, 3.63) is 58.1 Å². The molecule has 0 aromatic heterocycles. The fraction of sp³-hybridized carbons (Fsp3) is 0.409. The lowest BCUT2D eigenvalue weighted by Crippen LogP contribution is -2.44. The third-order valence-corrected chi connectivity index (χ3v) is 6.72. The predicted molar refractivity (Wildman–Crippen MR) is 124 cm³/mol. The van der Waals surface area contributed by atoms with E-state index in [-0.39, 0.29) is 6.10 Å². The van der Waals surface area contributed by atoms with Crippen molar-refractivity contribution >= 4 is 44.8 Å². The first kappa shape index (κ1) is 22.5. The Morgan fingerprint density at radius 3 is 2.52 bits per heavy atom. The highest BCUT2D eigenvalue weighted by molar-refractivity contribution is 9.09. The van der Waals surface area contributed by atoms with Gasteiger partial charge in [0.2, 0.25) is 5.79 Å². The zero-order valence-corrected chi connectivity index (χ0v) is 19.9. The van der Waals surface area contributed by atoms with Crippen LogP contribution in [0.5, 0.6) is 5.75 Å². The van der Waals surface area contributed by atoms with E-state index >= 15 is 0 Å². The van der Waals surface area contributed by atoms with Crippen molar-refractivity contribution < 1.29 is 14.2 Å². The first-order valence-corrected chi connectivity index (χ1v) is 11.9. The molecule has 2 aromatic carbocycles. The SMILES string of the molecule is N#CN1CCN(c2ccc(OC[C@@H]3CO[C@](CBr)(c4ccc(Cl)cc4Cl)O3)cc2)CC1. The molecule has 2 aromatic rings. The summed E-state index contributed by atoms with van der Waals surface area (Å²) in [5.41, 5.74) is 1.86. The van der Waals surface area contributed by atoms with E-state index in [0.29, 0.717) is 28.6 Å². The van der Waals surface area contributed by atoms with Gasteiger partial charge in [0.25, 0.3) is 0 Å². The zero-order chi connectivity index (χ0) is 21.8. The van der Waals surface area contributed by atoms with Gasteiger partial charge in [-0.1, -0.05) is 45.2 Å². The number of piperazine rings is 1. The smallest absolute Gasteiger partial charge is 0.206 e. The molecule has 4 rings (SSSR count). The van der Waals surface area contributed by atoms with Crippen molar-refractivity contribution in [2.24, 2.45) is 0 Å². The second kappa shape index (κ2) is 9.85. The van der Waals surface area contributed by atoms with E-state index in [0.717, 1.165) is 43.2 Å². The van der Waals surface area contributed by atoms with E-state index in [4.69, 9.17) is 42.7 Å². The van der Waals surface area contributed by atoms with Gasteiger partial charge in [-0.3, -0.25) is 0 Å². The molecule has 9 heteroatoms. The van der Waals surface area contributed by atoms with Crippen LogP contribution in [-0.4, -0.2) is 55.7 Å². The highest BCUT2D eigenvalue weighted by atomic mass is 79.9. The lowest BCUT2D eigenvalue weighted by molar-refractivity contribution is -0.159. The van der Waals surface area contributed by atoms with Crippen LogP contribution in [0.15, 0.2) is 42.5 Å². The number of rotatable bonds is 6. The molecule has 0 unspecified atom stereocenters. The number of halogens is 3. The minimum Gasteiger partial charge on any atom is -0.491 e. The maximum absolute atomic E-state index is 8.98. The summed E-state index contributed by atoms with van der Waals surface area (Å²) in [6.45, 7) is 3.93. The normalized spacial score (nSPS) is 23.6. The molecule has 0 saturated carbocycles. The Morgan fingerprint density at radius 1 is 1.13 bits per heavy atom. The molecule has 0 spiro atoms. The van der Waals surface area contributed by atoms with Crippen molar-refractivity contribution in [3.8, 4) is 11.9 Å². The minimum absolute atomic E-state index is 0.233. The minimum atomic E-state index is -0.967. The molecule has 2 aliphatic heterocycles. The van der Waals surface area contributed by atoms with E-state index in [1.165, 1.54) is 0 Å². The van der Waals surface area contributed by atoms with Gasteiger partial charge < -0.3 is 24.0 Å². The highest BCUT2D eigenvalue weighted by Crippen LogP contribution is 2.40. The van der Waals surface area contributed by atoms with Gasteiger partial charge in [-0.25, -0.2) is 0 Å². The number of anilines is 1. The van der Waals surface area contributed by atoms with E-state index < -0.39 is 5.79 Å². The molecule has 6 nitrogen and oxygen atoms in total. The highest BCUT2D eigenvalue weighted by Gasteiger charge is 2.44. The van der Waals surface area contributed by atoms with Gasteiger partial charge in [-0.15, -0.1) is 0 Å². The van der Waals surface area contributed by atoms with Crippen LogP contribution in [0.4, 0.5) is 5.69 Å². The third-order valence-electron chi connectivity index (χ3n) is 5.44. The molecule has 2 aliphatic rings. The maximum atomic E-state index is 8.98. The van der Waals surface area contributed by atoms with Crippen LogP contribution >= 0.6 is 39.1 Å². The molecule has 0 amide bonds. The van der Waals surface area contributed by atoms with Gasteiger partial charge in [-0.2, -0.15) is 5.26 Å². The second-order valence-electron chi connectivity index (χ2n) is 7.44. The lowest BCUT2D eigenvalue weighted by atomic mass is 10.1. The number of benzene rings is 2. The summed E-state index contributed by atoms with van der Waals surface area (Å²) in [6.07, 6.45) is 1.97. The Kier molecular flexibility index (Phi) is 7.15. The van der Waals surface area contributed by atoms with Crippen LogP contribution < -0.4 is 9.64 Å². The Balaban J connectivity index is 1.33. The molecule has 2 heterocycles. The molecule has 0 aliphatic carbocycles. The summed E-state index contributed by atoms with van der Waals surface area (Å²) in [7, 11) is 0. The van der Waals surface area contributed by atoms with Crippen LogP contribution in [0.2, 0.25) is 10.0 Å². The second-order valence-corrected chi connectivity index (χ2v) is 8.84. The number of ether oxygens (including phenoxy) is 3. The van der Waals surface area contributed by atoms with E-state index in [9.17, 15) is 0 Å². The number of nitrogens with zero attached hydrogens (tertiary/aromatic N) is 3. The summed E-state index contributed by atoms with van der Waals surface area (Å²) >= 11 is 15.9. The largest absolute Gasteiger partial charge is 0.491 e. The number of nitriles is 1. The summed E-state index contributed by atoms with van der Waals surface area (Å²) in [6, 6.07) is 13.3. The van der Waals surface area contributed by atoms with Gasteiger partial charge in [0.05, 0.1) is 17.0 Å². The van der Waals surface area contributed by atoms with Crippen molar-refractivity contribution in [2.45, 2.75) is 11.9 Å². The molecule has 0 N–H and O–H groups in total. The van der Waals surface area contributed by atoms with Gasteiger partial charge in [0.15, 0.2) is 6.19 Å². The van der Waals surface area contributed by atoms with Crippen LogP contribution in [0, 0.1) is 11.5 Å². The van der Waals surface area contributed by atoms with E-state index in [2.05, 4.69) is 27.0 Å². The molecule has 2 fully saturated rings. The average Bonchev–Trinajstić information content (AvgIpc) is 3.22. The predicted octanol–water partition coefficient (Wildman–Crippen LogP) is 4.64. The number of hydrogen-bond donors (Lipinski definition) is 0. The van der Waals surface area contributed by atoms with Crippen LogP contribution in [0.25, 0.3) is 0 Å². The van der Waals surface area contributed by atoms with Gasteiger partial charge in [0.1, 0.15) is 18.5 Å². The molecule has 31 heavy (non-hydrogen) atoms. The fourth-order valence-corrected chi connectivity index (χ4v) is 4.88. The Hall–Kier alpha value is -1.69. The molecule has 2 saturated heterocycles. The zero-order valence-electron chi connectivity index (χ0n) is 16.8. The van der Waals surface area contributed by atoms with Crippen molar-refractivity contribution in [1.82, 2.24) is 4.90 Å². The molecular weight excluding hydrogens is 505 g/mol. The molecule has 0 radical (unpaired) electrons. The van der Waals surface area contributed by atoms with Gasteiger partial charge >= 0.3 is 0 Å². The maximum Gasteiger partial charge on any atom is 0.206 e. The van der Waals surface area contributed by atoms with Gasteiger partial charge in [-0.05, 0) is 36.4 Å². The third kappa shape index (κ3) is 5.05.